The first-order valence-corrected chi connectivity index (χ1v) is 10.3. The van der Waals surface area contributed by atoms with Gasteiger partial charge in [0.15, 0.2) is 0 Å². The summed E-state index contributed by atoms with van der Waals surface area (Å²) < 4.78 is 11.2. The lowest BCUT2D eigenvalue weighted by atomic mass is 9.86. The number of carboxylic acid groups (broad SMARTS) is 1. The summed E-state index contributed by atoms with van der Waals surface area (Å²) in [7, 11) is 0. The van der Waals surface area contributed by atoms with E-state index in [1.165, 1.54) is 0 Å². The molecule has 1 amide bonds. The van der Waals surface area contributed by atoms with Gasteiger partial charge in [0.1, 0.15) is 11.5 Å². The van der Waals surface area contributed by atoms with Crippen molar-refractivity contribution in [2.24, 2.45) is 5.92 Å². The molecule has 0 aliphatic carbocycles. The number of piperidine rings is 1. The fourth-order valence-corrected chi connectivity index (χ4v) is 4.36. The number of carboxylic acids is 1. The minimum absolute atomic E-state index is 0.00565. The standard InChI is InChI=1S/C21H32N2O5/c1-14(2)19-12-17(15(3)28-19)21(26)23-7-6-18(22-8-10-27-11-9-22)16(13-23)4-5-20(24)25/h12,14,16,18H,4-11,13H2,1-3H3,(H,24,25)/t16-,18+/m1/s1. The topological polar surface area (TPSA) is 83.2 Å². The first-order valence-electron chi connectivity index (χ1n) is 10.3. The van der Waals surface area contributed by atoms with Crippen molar-refractivity contribution < 1.29 is 23.8 Å². The molecule has 0 spiro atoms. The average Bonchev–Trinajstić information content (AvgIpc) is 3.08. The van der Waals surface area contributed by atoms with Crippen molar-refractivity contribution in [2.75, 3.05) is 39.4 Å². The number of rotatable bonds is 6. The molecule has 1 aromatic heterocycles. The summed E-state index contributed by atoms with van der Waals surface area (Å²) in [4.78, 5) is 28.6. The van der Waals surface area contributed by atoms with Gasteiger partial charge in [-0.15, -0.1) is 0 Å². The van der Waals surface area contributed by atoms with Crippen molar-refractivity contribution in [2.45, 2.75) is 52.0 Å². The Morgan fingerprint density at radius 2 is 1.96 bits per heavy atom. The fraction of sp³-hybridized carbons (Fsp3) is 0.714. The largest absolute Gasteiger partial charge is 0.481 e. The van der Waals surface area contributed by atoms with Crippen LogP contribution in [-0.4, -0.2) is 72.2 Å². The zero-order valence-corrected chi connectivity index (χ0v) is 17.1. The molecule has 156 valence electrons. The Balaban J connectivity index is 1.73. The lowest BCUT2D eigenvalue weighted by molar-refractivity contribution is -0.137. The molecule has 2 aliphatic heterocycles. The summed E-state index contributed by atoms with van der Waals surface area (Å²) >= 11 is 0. The quantitative estimate of drug-likeness (QED) is 0.801. The number of carbonyl (C=O) groups is 2. The number of ether oxygens (including phenoxy) is 1. The van der Waals surface area contributed by atoms with Gasteiger partial charge in [-0.3, -0.25) is 14.5 Å². The third kappa shape index (κ3) is 4.75. The first kappa shape index (κ1) is 20.9. The molecule has 2 fully saturated rings. The Kier molecular flexibility index (Phi) is 6.78. The van der Waals surface area contributed by atoms with Gasteiger partial charge in [0.2, 0.25) is 0 Å². The number of morpholine rings is 1. The van der Waals surface area contributed by atoms with Crippen molar-refractivity contribution in [3.8, 4) is 0 Å². The summed E-state index contributed by atoms with van der Waals surface area (Å²) in [6.07, 6.45) is 1.59. The molecule has 0 bridgehead atoms. The minimum atomic E-state index is -0.781. The third-order valence-electron chi connectivity index (χ3n) is 5.96. The Bertz CT molecular complexity index is 693. The van der Waals surface area contributed by atoms with Gasteiger partial charge < -0.3 is 19.2 Å². The maximum Gasteiger partial charge on any atom is 0.303 e. The molecule has 0 radical (unpaired) electrons. The number of hydrogen-bond acceptors (Lipinski definition) is 5. The Hall–Kier alpha value is -1.86. The molecular weight excluding hydrogens is 360 g/mol. The minimum Gasteiger partial charge on any atom is -0.481 e. The number of furan rings is 1. The first-order chi connectivity index (χ1) is 13.4. The van der Waals surface area contributed by atoms with E-state index >= 15 is 0 Å². The highest BCUT2D eigenvalue weighted by Gasteiger charge is 2.36. The van der Waals surface area contributed by atoms with Gasteiger partial charge in [-0.2, -0.15) is 0 Å². The smallest absolute Gasteiger partial charge is 0.303 e. The number of aryl methyl sites for hydroxylation is 1. The second kappa shape index (κ2) is 9.09. The van der Waals surface area contributed by atoms with Crippen LogP contribution in [0.1, 0.15) is 60.9 Å². The maximum absolute atomic E-state index is 13.1. The summed E-state index contributed by atoms with van der Waals surface area (Å²) in [6.45, 7) is 10.4. The normalized spacial score (nSPS) is 23.9. The molecule has 3 heterocycles. The molecule has 1 aromatic rings. The highest BCUT2D eigenvalue weighted by atomic mass is 16.5. The van der Waals surface area contributed by atoms with E-state index in [0.717, 1.165) is 38.5 Å². The van der Waals surface area contributed by atoms with Gasteiger partial charge in [-0.05, 0) is 31.7 Å². The lowest BCUT2D eigenvalue weighted by Gasteiger charge is -2.45. The summed E-state index contributed by atoms with van der Waals surface area (Å²) in [5.74, 6) is 1.09. The molecule has 7 nitrogen and oxygen atoms in total. The molecule has 2 saturated heterocycles. The van der Waals surface area contributed by atoms with Gasteiger partial charge in [-0.1, -0.05) is 13.8 Å². The van der Waals surface area contributed by atoms with Crippen LogP contribution < -0.4 is 0 Å². The molecule has 0 saturated carbocycles. The number of likely N-dealkylation sites (tertiary alicyclic amines) is 1. The number of amides is 1. The molecule has 0 aromatic carbocycles. The molecule has 1 N–H and O–H groups in total. The summed E-state index contributed by atoms with van der Waals surface area (Å²) in [5.41, 5.74) is 0.630. The van der Waals surface area contributed by atoms with E-state index in [-0.39, 0.29) is 24.2 Å². The fourth-order valence-electron chi connectivity index (χ4n) is 4.36. The van der Waals surface area contributed by atoms with E-state index in [1.807, 2.05) is 31.7 Å². The van der Waals surface area contributed by atoms with Crippen molar-refractivity contribution >= 4 is 11.9 Å². The van der Waals surface area contributed by atoms with Crippen LogP contribution in [0.5, 0.6) is 0 Å². The van der Waals surface area contributed by atoms with Gasteiger partial charge in [-0.25, -0.2) is 0 Å². The van der Waals surface area contributed by atoms with Crippen LogP contribution in [0.3, 0.4) is 0 Å². The maximum atomic E-state index is 13.1. The predicted molar refractivity (Wildman–Crippen MR) is 105 cm³/mol. The second-order valence-corrected chi connectivity index (χ2v) is 8.22. The monoisotopic (exact) mass is 392 g/mol. The molecular formula is C21H32N2O5. The van der Waals surface area contributed by atoms with E-state index in [1.54, 1.807) is 0 Å². The number of nitrogens with zero attached hydrogens (tertiary/aromatic N) is 2. The Labute approximate surface area is 166 Å². The zero-order valence-electron chi connectivity index (χ0n) is 17.1. The zero-order chi connectivity index (χ0) is 20.3. The van der Waals surface area contributed by atoms with E-state index in [4.69, 9.17) is 14.3 Å². The van der Waals surface area contributed by atoms with Gasteiger partial charge >= 0.3 is 5.97 Å². The van der Waals surface area contributed by atoms with Gasteiger partial charge in [0, 0.05) is 44.6 Å². The van der Waals surface area contributed by atoms with Crippen molar-refractivity contribution in [3.63, 3.8) is 0 Å². The predicted octanol–water partition coefficient (Wildman–Crippen LogP) is 2.74. The van der Waals surface area contributed by atoms with Gasteiger partial charge in [0.25, 0.3) is 5.91 Å². The van der Waals surface area contributed by atoms with Gasteiger partial charge in [0.05, 0.1) is 18.8 Å². The molecule has 2 atom stereocenters. The molecule has 0 unspecified atom stereocenters. The third-order valence-corrected chi connectivity index (χ3v) is 5.96. The van der Waals surface area contributed by atoms with Crippen LogP contribution in [0.15, 0.2) is 10.5 Å². The van der Waals surface area contributed by atoms with Crippen molar-refractivity contribution in [1.29, 1.82) is 0 Å². The second-order valence-electron chi connectivity index (χ2n) is 8.22. The lowest BCUT2D eigenvalue weighted by Crippen LogP contribution is -2.55. The SMILES string of the molecule is Cc1oc(C(C)C)cc1C(=O)N1CC[C@H](N2CCOCC2)[C@H](CCC(=O)O)C1. The number of carbonyl (C=O) groups excluding carboxylic acids is 1. The highest BCUT2D eigenvalue weighted by Crippen LogP contribution is 2.29. The number of aliphatic carboxylic acids is 1. The molecule has 7 heteroatoms. The van der Waals surface area contributed by atoms with Crippen molar-refractivity contribution in [1.82, 2.24) is 9.80 Å². The van der Waals surface area contributed by atoms with E-state index in [2.05, 4.69) is 4.90 Å². The van der Waals surface area contributed by atoms with Crippen molar-refractivity contribution in [3.05, 3.63) is 23.2 Å². The van der Waals surface area contributed by atoms with Crippen LogP contribution in [-0.2, 0) is 9.53 Å². The Morgan fingerprint density at radius 1 is 1.25 bits per heavy atom. The van der Waals surface area contributed by atoms with Crippen LogP contribution in [0.2, 0.25) is 0 Å². The average molecular weight is 392 g/mol. The van der Waals surface area contributed by atoms with Crippen LogP contribution >= 0.6 is 0 Å². The van der Waals surface area contributed by atoms with Crippen LogP contribution in [0.4, 0.5) is 0 Å². The summed E-state index contributed by atoms with van der Waals surface area (Å²) in [6, 6.07) is 2.17. The van der Waals surface area contributed by atoms with Crippen LogP contribution in [0, 0.1) is 12.8 Å². The highest BCUT2D eigenvalue weighted by molar-refractivity contribution is 5.95. The molecule has 2 aliphatic rings. The molecule has 28 heavy (non-hydrogen) atoms. The molecule has 3 rings (SSSR count). The van der Waals surface area contributed by atoms with Crippen LogP contribution in [0.25, 0.3) is 0 Å². The Morgan fingerprint density at radius 3 is 2.57 bits per heavy atom. The van der Waals surface area contributed by atoms with E-state index < -0.39 is 5.97 Å². The number of hydrogen-bond donors (Lipinski definition) is 1. The van der Waals surface area contributed by atoms with E-state index in [0.29, 0.717) is 36.9 Å². The summed E-state index contributed by atoms with van der Waals surface area (Å²) in [5, 5.41) is 9.16. The van der Waals surface area contributed by atoms with E-state index in [9.17, 15) is 9.59 Å².